The maximum Gasteiger partial charge on any atom is 0.255 e. The number of aliphatic hydroxyl groups excluding tert-OH is 7. The zero-order valence-corrected chi connectivity index (χ0v) is 43.2. The number of benzene rings is 2. The molecule has 2 aromatic rings. The fourth-order valence-corrected chi connectivity index (χ4v) is 14.3. The summed E-state index contributed by atoms with van der Waals surface area (Å²) in [5.74, 6) is -3.42. The summed E-state index contributed by atoms with van der Waals surface area (Å²) in [4.78, 5) is 83.3. The summed E-state index contributed by atoms with van der Waals surface area (Å²) in [6, 6.07) is 0. The minimum Gasteiger partial charge on any atom is -0.394 e. The molecule has 2 aromatic carbocycles. The Morgan fingerprint density at radius 1 is 0.579 bits per heavy atom. The molecule has 0 aliphatic carbocycles. The number of carbonyl (C=O) groups excluding carboxylic acids is 6. The summed E-state index contributed by atoms with van der Waals surface area (Å²) in [5, 5.41) is 74.2. The molecule has 5 amide bonds. The molecule has 9 N–H and O–H groups in total. The fraction of sp³-hybridized carbons (Fsp3) is 0.455. The topological polar surface area (TPSA) is 278 Å². The lowest BCUT2D eigenvalue weighted by Gasteiger charge is -2.32. The van der Waals surface area contributed by atoms with E-state index in [0.717, 1.165) is 14.7 Å². The van der Waals surface area contributed by atoms with Gasteiger partial charge in [-0.15, -0.1) is 0 Å². The van der Waals surface area contributed by atoms with Crippen molar-refractivity contribution in [3.63, 3.8) is 0 Å². The average molecular weight is 1480 g/mol. The molecule has 0 aromatic heterocycles. The van der Waals surface area contributed by atoms with Crippen molar-refractivity contribution < 1.29 is 64.5 Å². The summed E-state index contributed by atoms with van der Waals surface area (Å²) in [6.07, 6.45) is -4.89. The van der Waals surface area contributed by atoms with Gasteiger partial charge in [-0.2, -0.15) is 0 Å². The fourth-order valence-electron chi connectivity index (χ4n) is 5.09. The van der Waals surface area contributed by atoms with Crippen molar-refractivity contribution >= 4 is 183 Å². The van der Waals surface area contributed by atoms with Gasteiger partial charge in [-0.3, -0.25) is 28.8 Å². The van der Waals surface area contributed by atoms with Crippen LogP contribution >= 0.6 is 136 Å². The van der Waals surface area contributed by atoms with Crippen molar-refractivity contribution in [1.29, 1.82) is 0 Å². The first kappa shape index (κ1) is 52.7. The molecule has 57 heavy (non-hydrogen) atoms. The van der Waals surface area contributed by atoms with E-state index in [1.165, 1.54) is 20.9 Å². The second kappa shape index (κ2) is 24.3. The second-order valence-corrected chi connectivity index (χ2v) is 18.7. The molecule has 0 fully saturated rings. The Kier molecular flexibility index (Phi) is 22.4. The monoisotopic (exact) mass is 1470 g/mol. The molecule has 4 atom stereocenters. The van der Waals surface area contributed by atoms with Crippen LogP contribution in [0.25, 0.3) is 0 Å². The van der Waals surface area contributed by atoms with Crippen LogP contribution in [0.1, 0.15) is 55.3 Å². The van der Waals surface area contributed by atoms with Gasteiger partial charge in [0.25, 0.3) is 17.7 Å². The number of aldehydes is 1. The molecular weight excluding hydrogens is 1440 g/mol. The van der Waals surface area contributed by atoms with Gasteiger partial charge in [0, 0.05) is 56.8 Å². The van der Waals surface area contributed by atoms with Crippen molar-refractivity contribution in [2.45, 2.75) is 38.3 Å². The lowest BCUT2D eigenvalue weighted by Crippen LogP contribution is -2.45. The summed E-state index contributed by atoms with van der Waals surface area (Å²) < 4.78 is 1.22. The normalized spacial score (nSPS) is 13.3. The highest BCUT2D eigenvalue weighted by atomic mass is 127. The zero-order chi connectivity index (χ0) is 43.6. The van der Waals surface area contributed by atoms with Gasteiger partial charge >= 0.3 is 0 Å². The molecule has 0 heterocycles. The third-order valence-electron chi connectivity index (χ3n) is 7.95. The second-order valence-electron chi connectivity index (χ2n) is 12.3. The number of amides is 5. The van der Waals surface area contributed by atoms with Gasteiger partial charge in [0.05, 0.1) is 96.1 Å². The highest BCUT2D eigenvalue weighted by Gasteiger charge is 2.35. The number of anilines is 2. The standard InChI is InChI=1S/C33H39I6N5O13/c1-13(49)43(29-24(35)19(12-48)23(34)20(26(29)37)31(55)40-4-15(51)9-45)7-17(53)8-44(14(2)50)30-27(38)21(32(56)41-5-16(52)10-46)25(36)22(28(30)39)33(57)42(3)6-18(54)11-47/h12,15-18,45-47,51-54H,4-11H2,1-3H3,(H,40,55)(H,41,56). The highest BCUT2D eigenvalue weighted by molar-refractivity contribution is 14.1. The number of carbonyl (C=O) groups is 6. The van der Waals surface area contributed by atoms with E-state index in [1.54, 1.807) is 22.6 Å². The Hall–Kier alpha value is -0.440. The van der Waals surface area contributed by atoms with Crippen molar-refractivity contribution in [3.05, 3.63) is 43.7 Å². The Morgan fingerprint density at radius 3 is 1.35 bits per heavy atom. The van der Waals surface area contributed by atoms with Gasteiger partial charge in [-0.05, 0) is 136 Å². The molecule has 0 radical (unpaired) electrons. The van der Waals surface area contributed by atoms with Gasteiger partial charge in [-0.25, -0.2) is 0 Å². The number of likely N-dealkylation sites (N-methyl/N-ethyl adjacent to an activating group) is 1. The molecule has 24 heteroatoms. The first-order valence-electron chi connectivity index (χ1n) is 16.4. The lowest BCUT2D eigenvalue weighted by atomic mass is 10.1. The maximum atomic E-state index is 13.9. The van der Waals surface area contributed by atoms with E-state index in [9.17, 15) is 64.5 Å². The number of rotatable bonds is 19. The summed E-state index contributed by atoms with van der Waals surface area (Å²) in [5.41, 5.74) is 0.0777. The van der Waals surface area contributed by atoms with E-state index in [-0.39, 0.29) is 74.7 Å². The van der Waals surface area contributed by atoms with Crippen molar-refractivity contribution in [1.82, 2.24) is 15.5 Å². The predicted octanol–water partition coefficient (Wildman–Crippen LogP) is 0.485. The van der Waals surface area contributed by atoms with Crippen LogP contribution in [0, 0.1) is 21.4 Å². The number of halogens is 6. The Labute approximate surface area is 409 Å². The van der Waals surface area contributed by atoms with Gasteiger partial charge in [0.2, 0.25) is 11.8 Å². The first-order chi connectivity index (χ1) is 26.6. The van der Waals surface area contributed by atoms with Crippen LogP contribution in [0.5, 0.6) is 0 Å². The first-order valence-corrected chi connectivity index (χ1v) is 22.9. The van der Waals surface area contributed by atoms with Crippen LogP contribution in [-0.2, 0) is 9.59 Å². The van der Waals surface area contributed by atoms with E-state index in [1.807, 2.05) is 113 Å². The number of nitrogens with one attached hydrogen (secondary N) is 2. The number of hydrogen-bond acceptors (Lipinski definition) is 13. The van der Waals surface area contributed by atoms with Gasteiger partial charge in [0.15, 0.2) is 6.29 Å². The maximum absolute atomic E-state index is 13.9. The molecule has 0 spiro atoms. The molecule has 0 saturated heterocycles. The molecule has 316 valence electrons. The third-order valence-corrected chi connectivity index (χ3v) is 14.4. The summed E-state index contributed by atoms with van der Waals surface area (Å²) >= 11 is 10.9. The average Bonchev–Trinajstić information content (AvgIpc) is 3.14. The Balaban J connectivity index is 2.79. The van der Waals surface area contributed by atoms with Gasteiger partial charge in [-0.1, -0.05) is 0 Å². The van der Waals surface area contributed by atoms with Crippen molar-refractivity contribution in [2.75, 3.05) is 69.4 Å². The lowest BCUT2D eigenvalue weighted by molar-refractivity contribution is -0.117. The van der Waals surface area contributed by atoms with Crippen molar-refractivity contribution in [3.8, 4) is 0 Å². The zero-order valence-electron chi connectivity index (χ0n) is 30.2. The largest absolute Gasteiger partial charge is 0.394 e. The summed E-state index contributed by atoms with van der Waals surface area (Å²) in [7, 11) is 1.36. The molecular formula is C33H39I6N5O13. The Bertz CT molecular complexity index is 1870. The quantitative estimate of drug-likeness (QED) is 0.0686. The van der Waals surface area contributed by atoms with Crippen LogP contribution < -0.4 is 20.4 Å². The van der Waals surface area contributed by atoms with Crippen LogP contribution in [0.15, 0.2) is 0 Å². The van der Waals surface area contributed by atoms with E-state index in [4.69, 9.17) is 0 Å². The van der Waals surface area contributed by atoms with E-state index in [0.29, 0.717) is 6.29 Å². The highest BCUT2D eigenvalue weighted by Crippen LogP contribution is 2.40. The third kappa shape index (κ3) is 13.3. The van der Waals surface area contributed by atoms with Crippen LogP contribution in [-0.4, -0.2) is 160 Å². The smallest absolute Gasteiger partial charge is 0.255 e. The number of aliphatic hydroxyl groups is 7. The van der Waals surface area contributed by atoms with Crippen molar-refractivity contribution in [2.24, 2.45) is 0 Å². The van der Waals surface area contributed by atoms with E-state index < -0.39 is 86.9 Å². The van der Waals surface area contributed by atoms with Gasteiger partial charge < -0.3 is 61.1 Å². The van der Waals surface area contributed by atoms with Crippen LogP contribution in [0.3, 0.4) is 0 Å². The van der Waals surface area contributed by atoms with Crippen LogP contribution in [0.4, 0.5) is 11.4 Å². The molecule has 0 saturated carbocycles. The SMILES string of the molecule is CC(=O)N(CC(O)CN(C(C)=O)c1c(I)c(C(=O)NCC(O)CO)c(I)c(C(=O)N(C)CC(O)CO)c1I)c1c(I)c(C=O)c(I)c(C(=O)NCC(O)CO)c1I. The van der Waals surface area contributed by atoms with E-state index >= 15 is 0 Å². The molecule has 0 bridgehead atoms. The van der Waals surface area contributed by atoms with Gasteiger partial charge in [0.1, 0.15) is 0 Å². The molecule has 0 aliphatic rings. The summed E-state index contributed by atoms with van der Waals surface area (Å²) in [6.45, 7) is -1.48. The molecule has 18 nitrogen and oxygen atoms in total. The van der Waals surface area contributed by atoms with Crippen LogP contribution in [0.2, 0.25) is 0 Å². The number of hydrogen-bond donors (Lipinski definition) is 9. The Morgan fingerprint density at radius 2 is 0.965 bits per heavy atom. The number of nitrogens with zero attached hydrogens (tertiary/aromatic N) is 3. The molecule has 2 rings (SSSR count). The van der Waals surface area contributed by atoms with E-state index in [2.05, 4.69) is 10.6 Å². The minimum absolute atomic E-state index is 0.000982. The minimum atomic E-state index is -1.54. The molecule has 0 aliphatic heterocycles. The predicted molar refractivity (Wildman–Crippen MR) is 258 cm³/mol. The molecule has 4 unspecified atom stereocenters.